The number of amides is 1. The summed E-state index contributed by atoms with van der Waals surface area (Å²) in [6.07, 6.45) is 1.16. The molecule has 2 aliphatic rings. The van der Waals surface area contributed by atoms with Crippen LogP contribution in [0.3, 0.4) is 0 Å². The standard InChI is InChI=1S/C24H34BClN4O5/c1-22(2,3)33-21(31)29(8)9-10-30-11-12-32-19-17-16(27-14-28-20(17)30)13-15(18(19)26)25-34-23(4,5)24(6,7)35-25/h13-14H,9-12H2,1-8H3. The van der Waals surface area contributed by atoms with E-state index in [2.05, 4.69) is 14.9 Å². The van der Waals surface area contributed by atoms with Gasteiger partial charge in [-0.15, -0.1) is 0 Å². The van der Waals surface area contributed by atoms with E-state index in [0.29, 0.717) is 53.8 Å². The number of aromatic nitrogens is 2. The molecule has 0 unspecified atom stereocenters. The summed E-state index contributed by atoms with van der Waals surface area (Å²) < 4.78 is 24.1. The highest BCUT2D eigenvalue weighted by molar-refractivity contribution is 6.66. The molecular formula is C24H34BClN4O5. The fraction of sp³-hybridized carbons (Fsp3) is 0.625. The number of ether oxygens (including phenoxy) is 2. The molecule has 0 atom stereocenters. The molecule has 1 saturated heterocycles. The van der Waals surface area contributed by atoms with E-state index in [-0.39, 0.29) is 6.09 Å². The van der Waals surface area contributed by atoms with Gasteiger partial charge in [-0.2, -0.15) is 0 Å². The molecule has 11 heteroatoms. The Morgan fingerprint density at radius 2 is 1.89 bits per heavy atom. The van der Waals surface area contributed by atoms with Crippen LogP contribution < -0.4 is 15.1 Å². The minimum Gasteiger partial charge on any atom is -0.489 e. The quantitative estimate of drug-likeness (QED) is 0.583. The monoisotopic (exact) mass is 504 g/mol. The summed E-state index contributed by atoms with van der Waals surface area (Å²) >= 11 is 6.88. The summed E-state index contributed by atoms with van der Waals surface area (Å²) in [6, 6.07) is 1.88. The molecule has 1 fully saturated rings. The molecule has 1 aromatic carbocycles. The molecule has 35 heavy (non-hydrogen) atoms. The maximum absolute atomic E-state index is 12.4. The van der Waals surface area contributed by atoms with E-state index in [1.807, 2.05) is 54.5 Å². The molecule has 0 spiro atoms. The van der Waals surface area contributed by atoms with E-state index < -0.39 is 23.9 Å². The van der Waals surface area contributed by atoms with Gasteiger partial charge in [-0.25, -0.2) is 14.8 Å². The van der Waals surface area contributed by atoms with Crippen LogP contribution in [0.5, 0.6) is 5.75 Å². The smallest absolute Gasteiger partial charge is 0.489 e. The predicted molar refractivity (Wildman–Crippen MR) is 137 cm³/mol. The van der Waals surface area contributed by atoms with Crippen molar-refractivity contribution in [2.75, 3.05) is 38.2 Å². The zero-order valence-electron chi connectivity index (χ0n) is 21.8. The van der Waals surface area contributed by atoms with E-state index in [1.165, 1.54) is 6.33 Å². The van der Waals surface area contributed by atoms with Gasteiger partial charge in [0.1, 0.15) is 24.4 Å². The van der Waals surface area contributed by atoms with Crippen molar-refractivity contribution in [3.05, 3.63) is 17.4 Å². The SMILES string of the molecule is CN(CCN1CCOc2c(Cl)c(B3OC(C)(C)C(C)(C)O3)cc3ncnc1c23)C(=O)OC(C)(C)C. The minimum absolute atomic E-state index is 0.369. The van der Waals surface area contributed by atoms with Crippen LogP contribution in [0.25, 0.3) is 10.9 Å². The molecule has 0 bridgehead atoms. The van der Waals surface area contributed by atoms with Crippen molar-refractivity contribution in [1.29, 1.82) is 0 Å². The number of benzene rings is 1. The molecule has 2 aromatic rings. The van der Waals surface area contributed by atoms with Crippen LogP contribution in [0.2, 0.25) is 5.02 Å². The summed E-state index contributed by atoms with van der Waals surface area (Å²) in [5.74, 6) is 1.23. The number of nitrogens with zero attached hydrogens (tertiary/aromatic N) is 4. The molecule has 0 saturated carbocycles. The van der Waals surface area contributed by atoms with Crippen LogP contribution in [0, 0.1) is 0 Å². The fourth-order valence-corrected chi connectivity index (χ4v) is 4.26. The summed E-state index contributed by atoms with van der Waals surface area (Å²) in [5.41, 5.74) is -0.190. The Bertz CT molecular complexity index is 1120. The Labute approximate surface area is 212 Å². The second-order valence-corrected chi connectivity index (χ2v) is 11.4. The molecule has 3 heterocycles. The second-order valence-electron chi connectivity index (χ2n) is 11.0. The largest absolute Gasteiger partial charge is 0.496 e. The number of hydrogen-bond donors (Lipinski definition) is 0. The van der Waals surface area contributed by atoms with Gasteiger partial charge in [0.25, 0.3) is 0 Å². The third-order valence-electron chi connectivity index (χ3n) is 6.65. The summed E-state index contributed by atoms with van der Waals surface area (Å²) in [5, 5.41) is 1.16. The van der Waals surface area contributed by atoms with E-state index in [1.54, 1.807) is 11.9 Å². The molecule has 0 aliphatic carbocycles. The maximum atomic E-state index is 12.4. The highest BCUT2D eigenvalue weighted by Gasteiger charge is 2.52. The van der Waals surface area contributed by atoms with E-state index in [0.717, 1.165) is 5.39 Å². The first kappa shape index (κ1) is 25.8. The molecule has 1 amide bonds. The Kier molecular flexibility index (Phi) is 6.61. The first-order chi connectivity index (χ1) is 16.2. The Balaban J connectivity index is 1.63. The third-order valence-corrected chi connectivity index (χ3v) is 7.04. The number of rotatable bonds is 4. The van der Waals surface area contributed by atoms with Crippen molar-refractivity contribution in [1.82, 2.24) is 14.9 Å². The van der Waals surface area contributed by atoms with E-state index in [4.69, 9.17) is 30.4 Å². The van der Waals surface area contributed by atoms with Crippen molar-refractivity contribution in [2.24, 2.45) is 0 Å². The van der Waals surface area contributed by atoms with Gasteiger partial charge in [-0.05, 0) is 54.5 Å². The summed E-state index contributed by atoms with van der Waals surface area (Å²) in [4.78, 5) is 25.1. The summed E-state index contributed by atoms with van der Waals surface area (Å²) in [7, 11) is 1.08. The normalized spacial score (nSPS) is 18.9. The van der Waals surface area contributed by atoms with Gasteiger partial charge >= 0.3 is 13.2 Å². The average molecular weight is 505 g/mol. The topological polar surface area (TPSA) is 86.3 Å². The first-order valence-corrected chi connectivity index (χ1v) is 12.2. The molecule has 0 N–H and O–H groups in total. The number of likely N-dealkylation sites (N-methyl/N-ethyl adjacent to an activating group) is 1. The first-order valence-electron chi connectivity index (χ1n) is 11.8. The van der Waals surface area contributed by atoms with Crippen molar-refractivity contribution in [3.63, 3.8) is 0 Å². The van der Waals surface area contributed by atoms with Crippen molar-refractivity contribution in [2.45, 2.75) is 65.3 Å². The highest BCUT2D eigenvalue weighted by Crippen LogP contribution is 2.41. The Hall–Kier alpha value is -2.30. The van der Waals surface area contributed by atoms with Crippen molar-refractivity contribution < 1.29 is 23.6 Å². The lowest BCUT2D eigenvalue weighted by Crippen LogP contribution is -2.41. The number of carbonyl (C=O) groups is 1. The number of carbonyl (C=O) groups excluding carboxylic acids is 1. The van der Waals surface area contributed by atoms with Crippen LogP contribution in [0.15, 0.2) is 12.4 Å². The van der Waals surface area contributed by atoms with Crippen LogP contribution in [0.4, 0.5) is 10.6 Å². The molecular weight excluding hydrogens is 471 g/mol. The van der Waals surface area contributed by atoms with Gasteiger partial charge in [0.15, 0.2) is 5.75 Å². The highest BCUT2D eigenvalue weighted by atomic mass is 35.5. The predicted octanol–water partition coefficient (Wildman–Crippen LogP) is 3.65. The zero-order chi connectivity index (χ0) is 25.8. The van der Waals surface area contributed by atoms with Gasteiger partial charge in [0, 0.05) is 25.6 Å². The van der Waals surface area contributed by atoms with Gasteiger partial charge in [-0.1, -0.05) is 11.6 Å². The summed E-state index contributed by atoms with van der Waals surface area (Å²) in [6.45, 7) is 15.5. The lowest BCUT2D eigenvalue weighted by molar-refractivity contribution is 0.00578. The van der Waals surface area contributed by atoms with Gasteiger partial charge in [0.2, 0.25) is 0 Å². The van der Waals surface area contributed by atoms with E-state index in [9.17, 15) is 4.79 Å². The lowest BCUT2D eigenvalue weighted by atomic mass is 9.78. The van der Waals surface area contributed by atoms with Crippen LogP contribution >= 0.6 is 11.6 Å². The van der Waals surface area contributed by atoms with Gasteiger partial charge in [-0.3, -0.25) is 0 Å². The number of halogens is 1. The van der Waals surface area contributed by atoms with Crippen molar-refractivity contribution >= 4 is 47.0 Å². The zero-order valence-corrected chi connectivity index (χ0v) is 22.5. The molecule has 190 valence electrons. The van der Waals surface area contributed by atoms with Crippen LogP contribution in [-0.2, 0) is 14.0 Å². The van der Waals surface area contributed by atoms with Crippen molar-refractivity contribution in [3.8, 4) is 5.75 Å². The fourth-order valence-electron chi connectivity index (χ4n) is 3.97. The Morgan fingerprint density at radius 1 is 1.23 bits per heavy atom. The molecule has 0 radical (unpaired) electrons. The molecule has 2 aliphatic heterocycles. The van der Waals surface area contributed by atoms with Crippen LogP contribution in [0.1, 0.15) is 48.5 Å². The van der Waals surface area contributed by atoms with Crippen LogP contribution in [-0.4, -0.2) is 78.2 Å². The molecule has 4 rings (SSSR count). The second kappa shape index (κ2) is 8.98. The average Bonchev–Trinajstić information content (AvgIpc) is 2.87. The van der Waals surface area contributed by atoms with E-state index >= 15 is 0 Å². The lowest BCUT2D eigenvalue weighted by Gasteiger charge is -2.32. The Morgan fingerprint density at radius 3 is 2.51 bits per heavy atom. The van der Waals surface area contributed by atoms with Gasteiger partial charge < -0.3 is 28.6 Å². The van der Waals surface area contributed by atoms with Gasteiger partial charge in [0.05, 0.1) is 33.7 Å². The number of anilines is 1. The minimum atomic E-state index is -0.642. The molecule has 1 aromatic heterocycles. The number of hydrogen-bond acceptors (Lipinski definition) is 8. The molecule has 9 nitrogen and oxygen atoms in total. The third kappa shape index (κ3) is 5.01. The maximum Gasteiger partial charge on any atom is 0.496 e.